The minimum atomic E-state index is -5.58. The third-order valence-electron chi connectivity index (χ3n) is 1.38. The van der Waals surface area contributed by atoms with E-state index >= 15 is 0 Å². The summed E-state index contributed by atoms with van der Waals surface area (Å²) in [6.45, 7) is 6.42. The van der Waals surface area contributed by atoms with Gasteiger partial charge in [0.15, 0.2) is 5.72 Å². The minimum absolute atomic E-state index is 0.0655. The monoisotopic (exact) mass is 275 g/mol. The van der Waals surface area contributed by atoms with Gasteiger partial charge in [0.25, 0.3) is 0 Å². The van der Waals surface area contributed by atoms with E-state index in [9.17, 15) is 26.4 Å². The van der Waals surface area contributed by atoms with Crippen LogP contribution in [0, 0.1) is 0 Å². The Balaban J connectivity index is 4.90. The molecule has 0 fully saturated rings. The average molecular weight is 275 g/mol. The number of hydrogen-bond donors (Lipinski definition) is 1. The van der Waals surface area contributed by atoms with Gasteiger partial charge >= 0.3 is 21.5 Å². The maximum absolute atomic E-state index is 12.1. The summed E-state index contributed by atoms with van der Waals surface area (Å²) >= 11 is 0. The van der Waals surface area contributed by atoms with E-state index in [4.69, 9.17) is 0 Å². The molecule has 17 heavy (non-hydrogen) atoms. The topological polar surface area (TPSA) is 72.5 Å². The lowest BCUT2D eigenvalue weighted by atomic mass is 10.3. The van der Waals surface area contributed by atoms with E-state index in [0.29, 0.717) is 0 Å². The molecular formula is C8H12F3NO4S. The second-order valence-electron chi connectivity index (χ2n) is 3.73. The molecule has 0 aromatic heterocycles. The van der Waals surface area contributed by atoms with E-state index in [-0.39, 0.29) is 5.57 Å². The highest BCUT2D eigenvalue weighted by Gasteiger charge is 2.49. The lowest BCUT2D eigenvalue weighted by Crippen LogP contribution is -2.51. The highest BCUT2D eigenvalue weighted by molar-refractivity contribution is 7.90. The molecule has 1 N–H and O–H groups in total. The van der Waals surface area contributed by atoms with Crippen LogP contribution >= 0.6 is 0 Å². The fourth-order valence-corrected chi connectivity index (χ4v) is 1.53. The molecule has 0 saturated heterocycles. The first-order chi connectivity index (χ1) is 7.28. The van der Waals surface area contributed by atoms with Crippen molar-refractivity contribution in [3.05, 3.63) is 12.2 Å². The quantitative estimate of drug-likeness (QED) is 0.476. The Kier molecular flexibility index (Phi) is 4.35. The third-order valence-corrected chi connectivity index (χ3v) is 2.75. The Morgan fingerprint density at radius 1 is 1.29 bits per heavy atom. The van der Waals surface area contributed by atoms with E-state index < -0.39 is 27.2 Å². The summed E-state index contributed by atoms with van der Waals surface area (Å²) in [6.07, 6.45) is 0. The van der Waals surface area contributed by atoms with Crippen LogP contribution in [0.25, 0.3) is 0 Å². The van der Waals surface area contributed by atoms with Crippen molar-refractivity contribution < 1.29 is 31.1 Å². The van der Waals surface area contributed by atoms with E-state index in [1.807, 2.05) is 0 Å². The summed E-state index contributed by atoms with van der Waals surface area (Å²) in [4.78, 5) is 11.1. The van der Waals surface area contributed by atoms with Crippen LogP contribution in [0.4, 0.5) is 13.2 Å². The molecule has 0 aliphatic carbocycles. The van der Waals surface area contributed by atoms with Crippen molar-refractivity contribution in [1.82, 2.24) is 4.72 Å². The Morgan fingerprint density at radius 3 is 2.00 bits per heavy atom. The molecular weight excluding hydrogens is 263 g/mol. The van der Waals surface area contributed by atoms with Gasteiger partial charge in [-0.1, -0.05) is 6.58 Å². The van der Waals surface area contributed by atoms with Gasteiger partial charge in [-0.15, -0.1) is 0 Å². The number of carbonyl (C=O) groups is 1. The molecule has 0 heterocycles. The lowest BCUT2D eigenvalue weighted by Gasteiger charge is -2.26. The molecule has 0 aliphatic heterocycles. The van der Waals surface area contributed by atoms with Crippen molar-refractivity contribution in [2.24, 2.45) is 0 Å². The van der Waals surface area contributed by atoms with Crippen LogP contribution in [0.15, 0.2) is 12.2 Å². The number of sulfonamides is 1. The van der Waals surface area contributed by atoms with Gasteiger partial charge in [-0.2, -0.15) is 17.9 Å². The van der Waals surface area contributed by atoms with E-state index in [1.54, 1.807) is 0 Å². The molecule has 5 nitrogen and oxygen atoms in total. The molecule has 0 bridgehead atoms. The van der Waals surface area contributed by atoms with Gasteiger partial charge in [0.05, 0.1) is 0 Å². The summed E-state index contributed by atoms with van der Waals surface area (Å²) in [7, 11) is -5.58. The van der Waals surface area contributed by atoms with Crippen molar-refractivity contribution >= 4 is 16.0 Å². The molecule has 0 aliphatic rings. The van der Waals surface area contributed by atoms with E-state index in [0.717, 1.165) is 13.8 Å². The third kappa shape index (κ3) is 4.73. The predicted octanol–water partition coefficient (Wildman–Crippen LogP) is 1.28. The Morgan fingerprint density at radius 2 is 1.71 bits per heavy atom. The molecule has 9 heteroatoms. The van der Waals surface area contributed by atoms with Gasteiger partial charge in [0.2, 0.25) is 0 Å². The van der Waals surface area contributed by atoms with Crippen LogP contribution < -0.4 is 4.72 Å². The van der Waals surface area contributed by atoms with Crippen molar-refractivity contribution in [3.63, 3.8) is 0 Å². The van der Waals surface area contributed by atoms with Gasteiger partial charge in [0.1, 0.15) is 0 Å². The molecule has 0 amide bonds. The summed E-state index contributed by atoms with van der Waals surface area (Å²) < 4.78 is 63.4. The van der Waals surface area contributed by atoms with Crippen molar-refractivity contribution in [2.45, 2.75) is 32.0 Å². The normalized spacial score (nSPS) is 13.3. The van der Waals surface area contributed by atoms with E-state index in [2.05, 4.69) is 11.3 Å². The molecule has 0 saturated carbocycles. The molecule has 0 aromatic rings. The molecule has 0 unspecified atom stereocenters. The number of carbonyl (C=O) groups excluding carboxylic acids is 1. The number of rotatable bonds is 4. The maximum atomic E-state index is 12.1. The van der Waals surface area contributed by atoms with Gasteiger partial charge in [-0.25, -0.2) is 13.2 Å². The fourth-order valence-electron chi connectivity index (χ4n) is 0.721. The van der Waals surface area contributed by atoms with Crippen LogP contribution in [-0.2, 0) is 19.6 Å². The first-order valence-corrected chi connectivity index (χ1v) is 5.76. The standard InChI is InChI=1S/C8H12F3NO4S/c1-5(2)6(13)16-7(3,4)12-17(14,15)8(9,10)11/h12H,1H2,2-4H3. The zero-order chi connectivity index (χ0) is 14.1. The fraction of sp³-hybridized carbons (Fsp3) is 0.625. The lowest BCUT2D eigenvalue weighted by molar-refractivity contribution is -0.152. The van der Waals surface area contributed by atoms with Crippen LogP contribution in [0.5, 0.6) is 0 Å². The minimum Gasteiger partial charge on any atom is -0.440 e. The van der Waals surface area contributed by atoms with Crippen molar-refractivity contribution in [3.8, 4) is 0 Å². The van der Waals surface area contributed by atoms with Crippen molar-refractivity contribution in [2.75, 3.05) is 0 Å². The van der Waals surface area contributed by atoms with Crippen LogP contribution in [0.1, 0.15) is 20.8 Å². The molecule has 0 aromatic carbocycles. The molecule has 0 radical (unpaired) electrons. The highest BCUT2D eigenvalue weighted by Crippen LogP contribution is 2.24. The zero-order valence-electron chi connectivity index (χ0n) is 9.38. The number of alkyl halides is 3. The summed E-state index contributed by atoms with van der Waals surface area (Å²) in [5.41, 5.74) is -7.56. The Bertz CT molecular complexity index is 425. The Hall–Kier alpha value is -1.09. The number of halogens is 3. The zero-order valence-corrected chi connectivity index (χ0v) is 10.2. The first kappa shape index (κ1) is 15.9. The average Bonchev–Trinajstić information content (AvgIpc) is 1.97. The van der Waals surface area contributed by atoms with Crippen LogP contribution in [0.3, 0.4) is 0 Å². The molecule has 0 rings (SSSR count). The number of esters is 1. The number of ether oxygens (including phenoxy) is 1. The van der Waals surface area contributed by atoms with Crippen molar-refractivity contribution in [1.29, 1.82) is 0 Å². The molecule has 0 atom stereocenters. The predicted molar refractivity (Wildman–Crippen MR) is 53.1 cm³/mol. The number of hydrogen-bond acceptors (Lipinski definition) is 4. The summed E-state index contributed by atoms with van der Waals surface area (Å²) in [6, 6.07) is 0. The Labute approximate surface area is 96.7 Å². The van der Waals surface area contributed by atoms with Gasteiger partial charge in [-0.05, 0) is 20.8 Å². The smallest absolute Gasteiger partial charge is 0.440 e. The van der Waals surface area contributed by atoms with Gasteiger partial charge in [-0.3, -0.25) is 0 Å². The highest BCUT2D eigenvalue weighted by atomic mass is 32.2. The van der Waals surface area contributed by atoms with Gasteiger partial charge in [0, 0.05) is 5.57 Å². The largest absolute Gasteiger partial charge is 0.511 e. The second-order valence-corrected chi connectivity index (χ2v) is 5.41. The first-order valence-electron chi connectivity index (χ1n) is 4.27. The molecule has 100 valence electrons. The summed E-state index contributed by atoms with van der Waals surface area (Å²) in [5, 5.41) is 0. The SMILES string of the molecule is C=C(C)C(=O)OC(C)(C)NS(=O)(=O)C(F)(F)F. The maximum Gasteiger partial charge on any atom is 0.511 e. The van der Waals surface area contributed by atoms with Crippen LogP contribution in [-0.4, -0.2) is 25.6 Å². The van der Waals surface area contributed by atoms with E-state index in [1.165, 1.54) is 11.6 Å². The van der Waals surface area contributed by atoms with Crippen LogP contribution in [0.2, 0.25) is 0 Å². The second kappa shape index (κ2) is 4.65. The summed E-state index contributed by atoms with van der Waals surface area (Å²) in [5.74, 6) is -1.00. The number of nitrogens with one attached hydrogen (secondary N) is 1. The molecule has 0 spiro atoms. The van der Waals surface area contributed by atoms with Gasteiger partial charge < -0.3 is 4.74 Å².